The van der Waals surface area contributed by atoms with Crippen molar-refractivity contribution in [2.24, 2.45) is 0 Å². The number of rotatable bonds is 7. The summed E-state index contributed by atoms with van der Waals surface area (Å²) in [6.45, 7) is 2.94. The average molecular weight is 464 g/mol. The van der Waals surface area contributed by atoms with E-state index in [9.17, 15) is 0 Å². The number of hydrogen-bond donors (Lipinski definition) is 0. The van der Waals surface area contributed by atoms with Crippen LogP contribution in [0.2, 0.25) is 0 Å². The number of aryl methyl sites for hydroxylation is 1. The number of thioether (sulfide) groups is 1. The van der Waals surface area contributed by atoms with Gasteiger partial charge in [0.15, 0.2) is 17.1 Å². The first-order valence-electron chi connectivity index (χ1n) is 10.1. The number of fused-ring (bicyclic) bond motifs is 3. The maximum atomic E-state index is 5.41. The fourth-order valence-corrected chi connectivity index (χ4v) is 5.28. The molecule has 0 saturated carbocycles. The highest BCUT2D eigenvalue weighted by molar-refractivity contribution is 7.98. The number of aromatic nitrogens is 5. The number of benzene rings is 2. The van der Waals surface area contributed by atoms with E-state index in [4.69, 9.17) is 19.4 Å². The van der Waals surface area contributed by atoms with Crippen LogP contribution >= 0.6 is 23.1 Å². The first kappa shape index (κ1) is 20.7. The second-order valence-corrected chi connectivity index (χ2v) is 8.83. The molecule has 0 radical (unpaired) electrons. The summed E-state index contributed by atoms with van der Waals surface area (Å²) in [6, 6.07) is 14.0. The molecule has 0 atom stereocenters. The lowest BCUT2D eigenvalue weighted by molar-refractivity contribution is 0.355. The standard InChI is InChI=1S/C23H21N5O2S2/c1-4-28-17-8-6-5-7-16(17)20-21(28)25-23(27-26-20)32-13-15-12-31-22(24-15)14-9-10-18(29-2)19(11-14)30-3/h5-12H,4,13H2,1-3H3. The van der Waals surface area contributed by atoms with E-state index in [2.05, 4.69) is 39.2 Å². The van der Waals surface area contributed by atoms with Gasteiger partial charge in [0, 0.05) is 28.6 Å². The lowest BCUT2D eigenvalue weighted by Gasteiger charge is -2.08. The molecule has 0 aliphatic heterocycles. The first-order chi connectivity index (χ1) is 15.7. The van der Waals surface area contributed by atoms with Gasteiger partial charge in [0.25, 0.3) is 0 Å². The third-order valence-corrected chi connectivity index (χ3v) is 7.01. The van der Waals surface area contributed by atoms with Gasteiger partial charge in [-0.1, -0.05) is 30.0 Å². The highest BCUT2D eigenvalue weighted by atomic mass is 32.2. The van der Waals surface area contributed by atoms with Crippen molar-refractivity contribution in [3.8, 4) is 22.1 Å². The Bertz CT molecular complexity index is 1410. The Morgan fingerprint density at radius 1 is 1.00 bits per heavy atom. The summed E-state index contributed by atoms with van der Waals surface area (Å²) in [7, 11) is 3.26. The van der Waals surface area contributed by atoms with E-state index in [-0.39, 0.29) is 0 Å². The van der Waals surface area contributed by atoms with Gasteiger partial charge in [0.1, 0.15) is 10.5 Å². The largest absolute Gasteiger partial charge is 0.493 e. The van der Waals surface area contributed by atoms with Crippen molar-refractivity contribution in [1.29, 1.82) is 0 Å². The van der Waals surface area contributed by atoms with Crippen molar-refractivity contribution in [1.82, 2.24) is 24.7 Å². The summed E-state index contributed by atoms with van der Waals surface area (Å²) in [6.07, 6.45) is 0. The average Bonchev–Trinajstić information content (AvgIpc) is 3.44. The van der Waals surface area contributed by atoms with Crippen LogP contribution in [0.4, 0.5) is 0 Å². The number of methoxy groups -OCH3 is 2. The van der Waals surface area contributed by atoms with Crippen molar-refractivity contribution >= 4 is 45.2 Å². The van der Waals surface area contributed by atoms with Gasteiger partial charge in [0.05, 0.1) is 25.4 Å². The molecule has 5 rings (SSSR count). The molecular weight excluding hydrogens is 442 g/mol. The number of para-hydroxylation sites is 1. The predicted molar refractivity (Wildman–Crippen MR) is 129 cm³/mol. The maximum Gasteiger partial charge on any atom is 0.211 e. The number of ether oxygens (including phenoxy) is 2. The van der Waals surface area contributed by atoms with Crippen LogP contribution in [0.5, 0.6) is 11.5 Å². The number of hydrogen-bond acceptors (Lipinski definition) is 8. The molecule has 0 N–H and O–H groups in total. The van der Waals surface area contributed by atoms with Crippen LogP contribution < -0.4 is 9.47 Å². The summed E-state index contributed by atoms with van der Waals surface area (Å²) >= 11 is 3.14. The first-order valence-corrected chi connectivity index (χ1v) is 12.0. The molecule has 7 nitrogen and oxygen atoms in total. The Balaban J connectivity index is 1.37. The molecule has 3 aromatic heterocycles. The van der Waals surface area contributed by atoms with Gasteiger partial charge in [-0.25, -0.2) is 9.97 Å². The van der Waals surface area contributed by atoms with Gasteiger partial charge in [-0.3, -0.25) is 0 Å². The monoisotopic (exact) mass is 463 g/mol. The van der Waals surface area contributed by atoms with Gasteiger partial charge >= 0.3 is 0 Å². The van der Waals surface area contributed by atoms with Crippen molar-refractivity contribution in [3.05, 3.63) is 53.5 Å². The van der Waals surface area contributed by atoms with E-state index in [1.165, 1.54) is 0 Å². The van der Waals surface area contributed by atoms with E-state index in [0.29, 0.717) is 22.4 Å². The zero-order chi connectivity index (χ0) is 22.1. The minimum atomic E-state index is 0.649. The second kappa shape index (κ2) is 8.76. The van der Waals surface area contributed by atoms with Crippen molar-refractivity contribution < 1.29 is 9.47 Å². The predicted octanol–water partition coefficient (Wildman–Crippen LogP) is 5.43. The van der Waals surface area contributed by atoms with Crippen LogP contribution in [0, 0.1) is 0 Å². The fraction of sp³-hybridized carbons (Fsp3) is 0.217. The Hall–Kier alpha value is -3.17. The van der Waals surface area contributed by atoms with Crippen LogP contribution in [0.3, 0.4) is 0 Å². The van der Waals surface area contributed by atoms with Crippen LogP contribution in [0.1, 0.15) is 12.6 Å². The van der Waals surface area contributed by atoms with Crippen molar-refractivity contribution in [2.45, 2.75) is 24.4 Å². The molecule has 0 fully saturated rings. The van der Waals surface area contributed by atoms with Crippen molar-refractivity contribution in [3.63, 3.8) is 0 Å². The second-order valence-electron chi connectivity index (χ2n) is 7.03. The lowest BCUT2D eigenvalue weighted by Crippen LogP contribution is -1.98. The number of thiazole rings is 1. The topological polar surface area (TPSA) is 75.0 Å². The SMILES string of the molecule is CCn1c2ccccc2c2nnc(SCc3csc(-c4ccc(OC)c(OC)c4)n3)nc21. The molecule has 0 unspecified atom stereocenters. The summed E-state index contributed by atoms with van der Waals surface area (Å²) in [4.78, 5) is 9.58. The molecule has 2 aromatic carbocycles. The van der Waals surface area contributed by atoms with E-state index in [1.807, 2.05) is 30.3 Å². The van der Waals surface area contributed by atoms with Gasteiger partial charge in [-0.05, 0) is 31.2 Å². The molecule has 0 amide bonds. The normalized spacial score (nSPS) is 11.3. The maximum absolute atomic E-state index is 5.41. The Labute approximate surface area is 193 Å². The Kier molecular flexibility index (Phi) is 5.67. The number of nitrogens with zero attached hydrogens (tertiary/aromatic N) is 5. The highest BCUT2D eigenvalue weighted by Crippen LogP contribution is 2.34. The molecule has 0 bridgehead atoms. The molecular formula is C23H21N5O2S2. The minimum absolute atomic E-state index is 0.649. The minimum Gasteiger partial charge on any atom is -0.493 e. The zero-order valence-electron chi connectivity index (χ0n) is 17.9. The molecule has 3 heterocycles. The van der Waals surface area contributed by atoms with E-state index in [1.54, 1.807) is 37.3 Å². The Morgan fingerprint density at radius 3 is 2.66 bits per heavy atom. The van der Waals surface area contributed by atoms with Gasteiger partial charge < -0.3 is 14.0 Å². The molecule has 9 heteroatoms. The highest BCUT2D eigenvalue weighted by Gasteiger charge is 2.15. The molecule has 32 heavy (non-hydrogen) atoms. The summed E-state index contributed by atoms with van der Waals surface area (Å²) in [5.74, 6) is 2.06. The molecule has 0 spiro atoms. The van der Waals surface area contributed by atoms with E-state index in [0.717, 1.165) is 44.9 Å². The Morgan fingerprint density at radius 2 is 1.84 bits per heavy atom. The third-order valence-electron chi connectivity index (χ3n) is 5.20. The summed E-state index contributed by atoms with van der Waals surface area (Å²) < 4.78 is 12.9. The zero-order valence-corrected chi connectivity index (χ0v) is 19.5. The van der Waals surface area contributed by atoms with Gasteiger partial charge in [-0.2, -0.15) is 0 Å². The van der Waals surface area contributed by atoms with Crippen LogP contribution in [-0.4, -0.2) is 39.0 Å². The van der Waals surface area contributed by atoms with Crippen LogP contribution in [0.25, 0.3) is 32.6 Å². The molecule has 162 valence electrons. The van der Waals surface area contributed by atoms with Crippen LogP contribution in [-0.2, 0) is 12.3 Å². The van der Waals surface area contributed by atoms with Gasteiger partial charge in [0.2, 0.25) is 5.16 Å². The fourth-order valence-electron chi connectivity index (χ4n) is 3.68. The van der Waals surface area contributed by atoms with Crippen molar-refractivity contribution in [2.75, 3.05) is 14.2 Å². The van der Waals surface area contributed by atoms with E-state index < -0.39 is 0 Å². The quantitative estimate of drug-likeness (QED) is 0.298. The third kappa shape index (κ3) is 3.67. The van der Waals surface area contributed by atoms with E-state index >= 15 is 0 Å². The lowest BCUT2D eigenvalue weighted by atomic mass is 10.2. The summed E-state index contributed by atoms with van der Waals surface area (Å²) in [5, 5.41) is 13.6. The van der Waals surface area contributed by atoms with Gasteiger partial charge in [-0.15, -0.1) is 21.5 Å². The molecule has 0 aliphatic rings. The van der Waals surface area contributed by atoms with Crippen LogP contribution in [0.15, 0.2) is 53.0 Å². The smallest absolute Gasteiger partial charge is 0.211 e. The molecule has 0 saturated heterocycles. The molecule has 5 aromatic rings. The molecule has 0 aliphatic carbocycles. The summed E-state index contributed by atoms with van der Waals surface area (Å²) in [5.41, 5.74) is 4.82.